The molecular formula is C38H70O6SSi2. The molecule has 2 saturated carbocycles. The van der Waals surface area contributed by atoms with Crippen molar-refractivity contribution in [2.45, 2.75) is 185 Å². The second kappa shape index (κ2) is 14.6. The summed E-state index contributed by atoms with van der Waals surface area (Å²) in [5.74, 6) is -0.380. The SMILES string of the molecule is CC(C)(CCCC[C@H]([C@H]([C@@H](O)C(C)(C)O)[C@H]1CCC2[C@@H](O[Si](C)(C)C(C)(C)C)CCC[C@@]21C)S(=O)(=O)c1ccccc1)O[Si](C)(C)C. The van der Waals surface area contributed by atoms with Crippen LogP contribution in [0.1, 0.15) is 113 Å². The summed E-state index contributed by atoms with van der Waals surface area (Å²) < 4.78 is 43.1. The van der Waals surface area contributed by atoms with Gasteiger partial charge in [0.05, 0.1) is 27.5 Å². The molecule has 0 saturated heterocycles. The zero-order valence-corrected chi connectivity index (χ0v) is 35.0. The van der Waals surface area contributed by atoms with Crippen molar-refractivity contribution >= 4 is 26.5 Å². The van der Waals surface area contributed by atoms with E-state index in [9.17, 15) is 18.6 Å². The second-order valence-electron chi connectivity index (χ2n) is 18.9. The summed E-state index contributed by atoms with van der Waals surface area (Å²) >= 11 is 0. The molecule has 2 aliphatic rings. The van der Waals surface area contributed by atoms with E-state index in [0.717, 1.165) is 44.9 Å². The highest BCUT2D eigenvalue weighted by Gasteiger charge is 2.59. The monoisotopic (exact) mass is 710 g/mol. The molecule has 0 aliphatic heterocycles. The number of hydrogen-bond donors (Lipinski definition) is 2. The number of unbranched alkanes of at least 4 members (excludes halogenated alkanes) is 1. The Morgan fingerprint density at radius 3 is 2.06 bits per heavy atom. The summed E-state index contributed by atoms with van der Waals surface area (Å²) in [6.07, 6.45) is 6.56. The van der Waals surface area contributed by atoms with Crippen LogP contribution in [-0.4, -0.2) is 63.9 Å². The summed E-state index contributed by atoms with van der Waals surface area (Å²) in [4.78, 5) is 0.294. The Labute approximate surface area is 291 Å². The minimum absolute atomic E-state index is 0.0603. The normalized spacial score (nSPS) is 26.9. The molecule has 3 rings (SSSR count). The van der Waals surface area contributed by atoms with Gasteiger partial charge in [-0.25, -0.2) is 8.42 Å². The maximum atomic E-state index is 14.7. The van der Waals surface area contributed by atoms with Crippen LogP contribution in [0.15, 0.2) is 35.2 Å². The van der Waals surface area contributed by atoms with Gasteiger partial charge in [-0.3, -0.25) is 0 Å². The van der Waals surface area contributed by atoms with Crippen LogP contribution in [-0.2, 0) is 18.7 Å². The van der Waals surface area contributed by atoms with E-state index in [1.807, 2.05) is 6.07 Å². The molecule has 2 N–H and O–H groups in total. The second-order valence-corrected chi connectivity index (χ2v) is 30.2. The zero-order valence-electron chi connectivity index (χ0n) is 32.2. The lowest BCUT2D eigenvalue weighted by Gasteiger charge is -2.52. The number of hydrogen-bond acceptors (Lipinski definition) is 6. The Morgan fingerprint density at radius 1 is 0.936 bits per heavy atom. The van der Waals surface area contributed by atoms with Gasteiger partial charge < -0.3 is 19.1 Å². The first-order valence-corrected chi connectivity index (χ1v) is 26.2. The number of benzene rings is 1. The first-order valence-electron chi connectivity index (χ1n) is 18.3. The predicted octanol–water partition coefficient (Wildman–Crippen LogP) is 9.37. The fraction of sp³-hybridized carbons (Fsp3) is 0.842. The smallest absolute Gasteiger partial charge is 0.192 e. The Balaban J connectivity index is 2.04. The third kappa shape index (κ3) is 9.82. The van der Waals surface area contributed by atoms with Crippen LogP contribution in [0.4, 0.5) is 0 Å². The molecule has 6 nitrogen and oxygen atoms in total. The molecule has 2 fully saturated rings. The van der Waals surface area contributed by atoms with E-state index in [1.54, 1.807) is 38.1 Å². The topological polar surface area (TPSA) is 93.1 Å². The fourth-order valence-electron chi connectivity index (χ4n) is 8.76. The van der Waals surface area contributed by atoms with Crippen molar-refractivity contribution in [3.05, 3.63) is 30.3 Å². The van der Waals surface area contributed by atoms with E-state index in [-0.39, 0.29) is 28.1 Å². The average molecular weight is 711 g/mol. The number of fused-ring (bicyclic) bond motifs is 1. The fourth-order valence-corrected chi connectivity index (χ4v) is 14.0. The average Bonchev–Trinajstić information content (AvgIpc) is 3.25. The third-order valence-electron chi connectivity index (χ3n) is 11.9. The van der Waals surface area contributed by atoms with Gasteiger partial charge in [-0.15, -0.1) is 0 Å². The Morgan fingerprint density at radius 2 is 1.53 bits per heavy atom. The molecule has 0 spiro atoms. The first-order chi connectivity index (χ1) is 21.2. The van der Waals surface area contributed by atoms with Crippen molar-refractivity contribution < 1.29 is 27.5 Å². The van der Waals surface area contributed by atoms with Crippen molar-refractivity contribution in [3.8, 4) is 0 Å². The van der Waals surface area contributed by atoms with Gasteiger partial charge in [0.15, 0.2) is 26.5 Å². The number of rotatable bonds is 15. The van der Waals surface area contributed by atoms with Crippen LogP contribution in [0.3, 0.4) is 0 Å². The number of sulfone groups is 1. The zero-order chi connectivity index (χ0) is 35.9. The van der Waals surface area contributed by atoms with E-state index in [0.29, 0.717) is 23.7 Å². The minimum atomic E-state index is -3.83. The molecule has 1 aromatic rings. The Hall–Kier alpha value is -0.556. The van der Waals surface area contributed by atoms with E-state index in [1.165, 1.54) is 0 Å². The van der Waals surface area contributed by atoms with Gasteiger partial charge >= 0.3 is 0 Å². The first kappa shape index (κ1) is 40.9. The van der Waals surface area contributed by atoms with Crippen LogP contribution >= 0.6 is 0 Å². The van der Waals surface area contributed by atoms with Gasteiger partial charge in [-0.1, -0.05) is 65.2 Å². The molecule has 9 heteroatoms. The van der Waals surface area contributed by atoms with Gasteiger partial charge in [0.25, 0.3) is 0 Å². The molecular weight excluding hydrogens is 641 g/mol. The molecule has 2 aliphatic carbocycles. The lowest BCUT2D eigenvalue weighted by molar-refractivity contribution is -0.111. The van der Waals surface area contributed by atoms with Crippen molar-refractivity contribution in [1.29, 1.82) is 0 Å². The Bertz CT molecular complexity index is 1260. The number of aliphatic hydroxyl groups excluding tert-OH is 1. The molecule has 0 heterocycles. The summed E-state index contributed by atoms with van der Waals surface area (Å²) in [6, 6.07) is 8.76. The Kier molecular flexibility index (Phi) is 12.7. The highest BCUT2D eigenvalue weighted by atomic mass is 32.2. The lowest BCUT2D eigenvalue weighted by Crippen LogP contribution is -2.55. The summed E-state index contributed by atoms with van der Waals surface area (Å²) in [7, 11) is -7.60. The van der Waals surface area contributed by atoms with Gasteiger partial charge in [-0.2, -0.15) is 0 Å². The molecule has 1 unspecified atom stereocenters. The quantitative estimate of drug-likeness (QED) is 0.139. The highest BCUT2D eigenvalue weighted by molar-refractivity contribution is 7.92. The van der Waals surface area contributed by atoms with E-state index < -0.39 is 49.3 Å². The van der Waals surface area contributed by atoms with Crippen LogP contribution in [0.2, 0.25) is 37.8 Å². The molecule has 272 valence electrons. The van der Waals surface area contributed by atoms with Crippen LogP contribution in [0.25, 0.3) is 0 Å². The molecule has 47 heavy (non-hydrogen) atoms. The predicted molar refractivity (Wildman–Crippen MR) is 200 cm³/mol. The van der Waals surface area contributed by atoms with Crippen molar-refractivity contribution in [3.63, 3.8) is 0 Å². The molecule has 0 aromatic heterocycles. The molecule has 1 aromatic carbocycles. The van der Waals surface area contributed by atoms with Gasteiger partial charge in [0.2, 0.25) is 0 Å². The molecule has 0 radical (unpaired) electrons. The van der Waals surface area contributed by atoms with Gasteiger partial charge in [0, 0.05) is 12.0 Å². The van der Waals surface area contributed by atoms with Crippen LogP contribution in [0.5, 0.6) is 0 Å². The number of aliphatic hydroxyl groups is 2. The van der Waals surface area contributed by atoms with Crippen molar-refractivity contribution in [2.24, 2.45) is 23.2 Å². The maximum absolute atomic E-state index is 14.7. The third-order valence-corrected chi connectivity index (χ3v) is 19.9. The molecule has 0 amide bonds. The van der Waals surface area contributed by atoms with E-state index in [2.05, 4.69) is 74.3 Å². The largest absolute Gasteiger partial charge is 0.414 e. The van der Waals surface area contributed by atoms with E-state index >= 15 is 0 Å². The van der Waals surface area contributed by atoms with Crippen molar-refractivity contribution in [1.82, 2.24) is 0 Å². The van der Waals surface area contributed by atoms with E-state index in [4.69, 9.17) is 8.85 Å². The van der Waals surface area contributed by atoms with Gasteiger partial charge in [0.1, 0.15) is 0 Å². The summed E-state index contributed by atoms with van der Waals surface area (Å²) in [5, 5.41) is 22.8. The standard InChI is InChI=1S/C38H70O6SSi2/c1-35(2,3)47(12,13)43-31-22-19-27-38(8)29(31)24-25-30(38)33(34(39)37(6,7)40)32(45(41,42)28-20-15-14-16-21-28)23-17-18-26-36(4,5)44-46(9,10)11/h14-16,20-21,29-34,39-40H,17-19,22-27H2,1-13H3/t29?,30-,31+,32-,33-,34-,38+/m1/s1. The molecule has 7 atom stereocenters. The van der Waals surface area contributed by atoms with Crippen LogP contribution in [0, 0.1) is 23.2 Å². The minimum Gasteiger partial charge on any atom is -0.414 e. The van der Waals surface area contributed by atoms with Gasteiger partial charge in [-0.05, 0) is 133 Å². The van der Waals surface area contributed by atoms with Crippen LogP contribution < -0.4 is 0 Å². The highest BCUT2D eigenvalue weighted by Crippen LogP contribution is 2.61. The summed E-state index contributed by atoms with van der Waals surface area (Å²) in [6.45, 7) is 28.0. The van der Waals surface area contributed by atoms with Crippen molar-refractivity contribution in [2.75, 3.05) is 0 Å². The summed E-state index contributed by atoms with van der Waals surface area (Å²) in [5.41, 5.74) is -1.93. The maximum Gasteiger partial charge on any atom is 0.192 e. The molecule has 0 bridgehead atoms. The lowest BCUT2D eigenvalue weighted by atomic mass is 9.59.